The summed E-state index contributed by atoms with van der Waals surface area (Å²) >= 11 is 11.8. The predicted molar refractivity (Wildman–Crippen MR) is 136 cm³/mol. The van der Waals surface area contributed by atoms with Crippen LogP contribution in [0.3, 0.4) is 0 Å². The summed E-state index contributed by atoms with van der Waals surface area (Å²) in [7, 11) is 0. The van der Waals surface area contributed by atoms with Gasteiger partial charge in [0.05, 0.1) is 12.1 Å². The molecule has 42 heavy (non-hydrogen) atoms. The summed E-state index contributed by atoms with van der Waals surface area (Å²) in [5.41, 5.74) is -2.83. The molecule has 4 rings (SSSR count). The first-order chi connectivity index (χ1) is 19.5. The molecule has 17 heteroatoms. The van der Waals surface area contributed by atoms with Crippen molar-refractivity contribution in [2.45, 2.75) is 57.1 Å². The van der Waals surface area contributed by atoms with Crippen LogP contribution in [0.25, 0.3) is 0 Å². The Kier molecular flexibility index (Phi) is 8.74. The first-order valence-corrected chi connectivity index (χ1v) is 12.7. The third kappa shape index (κ3) is 6.94. The maximum absolute atomic E-state index is 14.3. The highest BCUT2D eigenvalue weighted by Crippen LogP contribution is 2.49. The van der Waals surface area contributed by atoms with Crippen LogP contribution in [-0.4, -0.2) is 45.2 Å². The Morgan fingerprint density at radius 1 is 1.10 bits per heavy atom. The van der Waals surface area contributed by atoms with E-state index < -0.39 is 67.9 Å². The van der Waals surface area contributed by atoms with Crippen LogP contribution in [0.2, 0.25) is 10.0 Å². The Labute approximate surface area is 242 Å². The third-order valence-corrected chi connectivity index (χ3v) is 6.67. The molecule has 0 aliphatic carbocycles. The normalized spacial score (nSPS) is 17.4. The standard InChI is InChI=1S/C25H19Cl2F8N5O2/c1-12-6-13(18-10-23(42-39-18,25(33,34)35)14-7-15(26)9-16(27)8-14)2-3-17(12)21(41)37-22-36-20(4-5-24(30,31)32)40(38-22)11-19(28)29/h2-3,6-9,19H,4-5,10-11H2,1H3,(H,37,38,41). The summed E-state index contributed by atoms with van der Waals surface area (Å²) in [6, 6.07) is 7.38. The summed E-state index contributed by atoms with van der Waals surface area (Å²) < 4.78 is 107. The van der Waals surface area contributed by atoms with Crippen LogP contribution in [0.15, 0.2) is 41.6 Å². The number of benzene rings is 2. The van der Waals surface area contributed by atoms with Gasteiger partial charge < -0.3 is 4.84 Å². The number of aromatic nitrogens is 3. The highest BCUT2D eigenvalue weighted by Gasteiger charge is 2.62. The lowest BCUT2D eigenvalue weighted by molar-refractivity contribution is -0.275. The number of hydrogen-bond donors (Lipinski definition) is 1. The number of amides is 1. The minimum atomic E-state index is -4.92. The molecule has 0 bridgehead atoms. The van der Waals surface area contributed by atoms with Gasteiger partial charge in [-0.05, 0) is 48.4 Å². The van der Waals surface area contributed by atoms with Gasteiger partial charge in [-0.2, -0.15) is 31.3 Å². The first kappa shape index (κ1) is 31.5. The maximum atomic E-state index is 14.3. The van der Waals surface area contributed by atoms with Crippen LogP contribution < -0.4 is 5.32 Å². The van der Waals surface area contributed by atoms with Crippen LogP contribution in [0.4, 0.5) is 41.1 Å². The number of carbonyl (C=O) groups excluding carboxylic acids is 1. The zero-order valence-electron chi connectivity index (χ0n) is 21.3. The van der Waals surface area contributed by atoms with Gasteiger partial charge in [0.1, 0.15) is 12.4 Å². The van der Waals surface area contributed by atoms with E-state index >= 15 is 0 Å². The Morgan fingerprint density at radius 2 is 1.76 bits per heavy atom. The van der Waals surface area contributed by atoms with E-state index in [-0.39, 0.29) is 38.0 Å². The van der Waals surface area contributed by atoms with E-state index in [1.807, 2.05) is 0 Å². The second-order valence-electron chi connectivity index (χ2n) is 9.31. The lowest BCUT2D eigenvalue weighted by atomic mass is 9.86. The number of anilines is 1. The number of aryl methyl sites for hydroxylation is 2. The highest BCUT2D eigenvalue weighted by molar-refractivity contribution is 6.34. The van der Waals surface area contributed by atoms with Gasteiger partial charge in [-0.25, -0.2) is 13.5 Å². The highest BCUT2D eigenvalue weighted by atomic mass is 35.5. The van der Waals surface area contributed by atoms with Gasteiger partial charge in [-0.1, -0.05) is 34.4 Å². The van der Waals surface area contributed by atoms with Crippen molar-refractivity contribution in [2.24, 2.45) is 5.16 Å². The Bertz CT molecular complexity index is 1500. The van der Waals surface area contributed by atoms with Crippen LogP contribution in [0.5, 0.6) is 0 Å². The number of rotatable bonds is 8. The Morgan fingerprint density at radius 3 is 2.33 bits per heavy atom. The summed E-state index contributed by atoms with van der Waals surface area (Å²) in [6.45, 7) is 0.439. The fourth-order valence-corrected chi connectivity index (χ4v) is 4.78. The number of carbonyl (C=O) groups is 1. The summed E-state index contributed by atoms with van der Waals surface area (Å²) in [5.74, 6) is -1.73. The van der Waals surface area contributed by atoms with Crippen LogP contribution in [0, 0.1) is 6.92 Å². The van der Waals surface area contributed by atoms with E-state index in [4.69, 9.17) is 28.0 Å². The molecule has 2 heterocycles. The molecule has 1 aliphatic rings. The molecule has 3 aromatic rings. The Hall–Kier alpha value is -3.46. The lowest BCUT2D eigenvalue weighted by Gasteiger charge is -2.29. The van der Waals surface area contributed by atoms with Crippen LogP contribution in [0.1, 0.15) is 45.7 Å². The minimum absolute atomic E-state index is 0.00373. The van der Waals surface area contributed by atoms with Crippen molar-refractivity contribution in [3.05, 3.63) is 74.5 Å². The molecule has 7 nitrogen and oxygen atoms in total. The van der Waals surface area contributed by atoms with Gasteiger partial charge in [0.2, 0.25) is 5.95 Å². The second-order valence-corrected chi connectivity index (χ2v) is 10.2. The number of hydrogen-bond acceptors (Lipinski definition) is 5. The van der Waals surface area contributed by atoms with Crippen LogP contribution in [-0.2, 0) is 23.4 Å². The molecule has 1 aliphatic heterocycles. The molecular formula is C25H19Cl2F8N5O2. The summed E-state index contributed by atoms with van der Waals surface area (Å²) in [5, 5.41) is 9.51. The predicted octanol–water partition coefficient (Wildman–Crippen LogP) is 7.49. The summed E-state index contributed by atoms with van der Waals surface area (Å²) in [4.78, 5) is 21.6. The SMILES string of the molecule is Cc1cc(C2=NOC(c3cc(Cl)cc(Cl)c3)(C(F)(F)F)C2)ccc1C(=O)Nc1nc(CCC(F)(F)F)n(CC(F)F)n1. The molecule has 2 aromatic carbocycles. The molecule has 226 valence electrons. The average molecular weight is 644 g/mol. The van der Waals surface area contributed by atoms with Crippen molar-refractivity contribution in [1.29, 1.82) is 0 Å². The Balaban J connectivity index is 1.54. The van der Waals surface area contributed by atoms with Crippen molar-refractivity contribution in [1.82, 2.24) is 14.8 Å². The molecule has 1 aromatic heterocycles. The quantitative estimate of drug-likeness (QED) is 0.258. The molecular weight excluding hydrogens is 625 g/mol. The second kappa shape index (κ2) is 11.7. The molecule has 0 saturated heterocycles. The van der Waals surface area contributed by atoms with Crippen LogP contribution >= 0.6 is 23.2 Å². The van der Waals surface area contributed by atoms with E-state index in [0.717, 1.165) is 12.1 Å². The van der Waals surface area contributed by atoms with E-state index in [2.05, 4.69) is 20.6 Å². The first-order valence-electron chi connectivity index (χ1n) is 12.0. The average Bonchev–Trinajstić information content (AvgIpc) is 3.46. The molecule has 1 N–H and O–H groups in total. The van der Waals surface area contributed by atoms with Gasteiger partial charge in [-0.15, -0.1) is 5.10 Å². The molecule has 0 radical (unpaired) electrons. The number of alkyl halides is 8. The van der Waals surface area contributed by atoms with Gasteiger partial charge in [0.25, 0.3) is 17.9 Å². The lowest BCUT2D eigenvalue weighted by Crippen LogP contribution is -2.42. The summed E-state index contributed by atoms with van der Waals surface area (Å²) in [6.07, 6.45) is -15.2. The number of oxime groups is 1. The largest absolute Gasteiger partial charge is 0.435 e. The minimum Gasteiger partial charge on any atom is -0.374 e. The molecule has 1 unspecified atom stereocenters. The van der Waals surface area contributed by atoms with Gasteiger partial charge in [-0.3, -0.25) is 10.1 Å². The monoisotopic (exact) mass is 643 g/mol. The topological polar surface area (TPSA) is 81.4 Å². The number of nitrogens with zero attached hydrogens (tertiary/aromatic N) is 4. The number of nitrogens with one attached hydrogen (secondary N) is 1. The van der Waals surface area contributed by atoms with E-state index in [1.165, 1.54) is 31.2 Å². The van der Waals surface area contributed by atoms with Crippen molar-refractivity contribution >= 4 is 40.8 Å². The smallest absolute Gasteiger partial charge is 0.374 e. The zero-order chi connectivity index (χ0) is 31.0. The van der Waals surface area contributed by atoms with Gasteiger partial charge in [0.15, 0.2) is 0 Å². The fourth-order valence-electron chi connectivity index (χ4n) is 4.26. The molecule has 1 amide bonds. The van der Waals surface area contributed by atoms with Crippen molar-refractivity contribution < 1.29 is 44.8 Å². The molecule has 1 atom stereocenters. The van der Waals surface area contributed by atoms with Crippen molar-refractivity contribution in [2.75, 3.05) is 5.32 Å². The van der Waals surface area contributed by atoms with Crippen molar-refractivity contribution in [3.63, 3.8) is 0 Å². The number of halogens is 10. The van der Waals surface area contributed by atoms with E-state index in [0.29, 0.717) is 4.68 Å². The molecule has 0 fully saturated rings. The fraction of sp³-hybridized carbons (Fsp3) is 0.360. The third-order valence-electron chi connectivity index (χ3n) is 6.24. The van der Waals surface area contributed by atoms with Crippen molar-refractivity contribution in [3.8, 4) is 0 Å². The molecule has 0 spiro atoms. The zero-order valence-corrected chi connectivity index (χ0v) is 22.8. The molecule has 0 saturated carbocycles. The van der Waals surface area contributed by atoms with Gasteiger partial charge >= 0.3 is 12.4 Å². The van der Waals surface area contributed by atoms with Gasteiger partial charge in [0, 0.05) is 34.0 Å². The maximum Gasteiger partial charge on any atom is 0.435 e. The van der Waals surface area contributed by atoms with E-state index in [1.54, 1.807) is 0 Å². The van der Waals surface area contributed by atoms with E-state index in [9.17, 15) is 39.9 Å².